The lowest BCUT2D eigenvalue weighted by molar-refractivity contribution is -0.0500. The van der Waals surface area contributed by atoms with Crippen molar-refractivity contribution in [3.8, 4) is 16.9 Å². The third-order valence-corrected chi connectivity index (χ3v) is 3.31. The zero-order valence-corrected chi connectivity index (χ0v) is 12.8. The van der Waals surface area contributed by atoms with Crippen molar-refractivity contribution < 1.29 is 18.3 Å². The highest BCUT2D eigenvalue weighted by atomic mass is 19.3. The summed E-state index contributed by atoms with van der Waals surface area (Å²) in [5.41, 5.74) is 2.26. The number of H-pyrrole nitrogens is 1. The highest BCUT2D eigenvalue weighted by molar-refractivity contribution is 5.98. The molecule has 3 heterocycles. The molecule has 0 spiro atoms. The van der Waals surface area contributed by atoms with E-state index in [1.807, 2.05) is 0 Å². The summed E-state index contributed by atoms with van der Waals surface area (Å²) in [4.78, 5) is 20.2. The number of aromatic nitrogens is 4. The number of amides is 1. The number of hydrogen-bond donors (Lipinski definition) is 2. The van der Waals surface area contributed by atoms with Crippen LogP contribution < -0.4 is 10.1 Å². The van der Waals surface area contributed by atoms with Crippen LogP contribution in [0.1, 0.15) is 16.2 Å². The Morgan fingerprint density at radius 1 is 1.20 bits per heavy atom. The van der Waals surface area contributed by atoms with Crippen LogP contribution in [0.25, 0.3) is 11.1 Å². The van der Waals surface area contributed by atoms with Crippen LogP contribution in [-0.4, -0.2) is 32.7 Å². The second kappa shape index (κ2) is 7.47. The van der Waals surface area contributed by atoms with Crippen molar-refractivity contribution in [3.63, 3.8) is 0 Å². The van der Waals surface area contributed by atoms with Crippen molar-refractivity contribution in [1.82, 2.24) is 25.5 Å². The largest absolute Gasteiger partial charge is 0.433 e. The first-order chi connectivity index (χ1) is 12.1. The second-order valence-electron chi connectivity index (χ2n) is 4.94. The molecule has 1 amide bonds. The summed E-state index contributed by atoms with van der Waals surface area (Å²) in [5, 5.41) is 9.26. The van der Waals surface area contributed by atoms with Gasteiger partial charge in [0.2, 0.25) is 0 Å². The number of nitrogens with one attached hydrogen (secondary N) is 2. The molecule has 7 nitrogen and oxygen atoms in total. The van der Waals surface area contributed by atoms with Crippen LogP contribution in [0.15, 0.2) is 49.1 Å². The minimum absolute atomic E-state index is 0.0429. The van der Waals surface area contributed by atoms with Crippen LogP contribution in [0.5, 0.6) is 5.75 Å². The zero-order chi connectivity index (χ0) is 17.6. The van der Waals surface area contributed by atoms with Crippen LogP contribution in [0.2, 0.25) is 0 Å². The molecular formula is C16H13F2N5O2. The predicted octanol–water partition coefficient (Wildman–Crippen LogP) is 2.40. The maximum Gasteiger partial charge on any atom is 0.387 e. The predicted molar refractivity (Wildman–Crippen MR) is 83.9 cm³/mol. The molecule has 0 radical (unpaired) electrons. The summed E-state index contributed by atoms with van der Waals surface area (Å²) in [5.74, 6) is -0.405. The Labute approximate surface area is 141 Å². The van der Waals surface area contributed by atoms with Crippen LogP contribution >= 0.6 is 0 Å². The van der Waals surface area contributed by atoms with Gasteiger partial charge in [-0.05, 0) is 29.8 Å². The number of pyridine rings is 2. The molecule has 3 aromatic rings. The number of hydrogen-bond acceptors (Lipinski definition) is 5. The van der Waals surface area contributed by atoms with Crippen molar-refractivity contribution in [2.45, 2.75) is 13.2 Å². The van der Waals surface area contributed by atoms with Gasteiger partial charge in [0.1, 0.15) is 11.4 Å². The van der Waals surface area contributed by atoms with E-state index in [9.17, 15) is 13.6 Å². The van der Waals surface area contributed by atoms with Crippen LogP contribution in [0, 0.1) is 0 Å². The normalized spacial score (nSPS) is 10.7. The van der Waals surface area contributed by atoms with E-state index in [4.69, 9.17) is 0 Å². The molecule has 0 unspecified atom stereocenters. The van der Waals surface area contributed by atoms with Gasteiger partial charge in [-0.25, -0.2) is 0 Å². The van der Waals surface area contributed by atoms with Crippen molar-refractivity contribution in [3.05, 3.63) is 60.4 Å². The molecule has 3 aromatic heterocycles. The molecule has 0 fully saturated rings. The highest BCUT2D eigenvalue weighted by Crippen LogP contribution is 2.21. The van der Waals surface area contributed by atoms with Gasteiger partial charge < -0.3 is 10.1 Å². The smallest absolute Gasteiger partial charge is 0.387 e. The number of carbonyl (C=O) groups is 1. The van der Waals surface area contributed by atoms with Crippen LogP contribution in [-0.2, 0) is 6.54 Å². The molecule has 128 valence electrons. The van der Waals surface area contributed by atoms with E-state index in [0.29, 0.717) is 17.0 Å². The van der Waals surface area contributed by atoms with Gasteiger partial charge in [-0.1, -0.05) is 0 Å². The zero-order valence-electron chi connectivity index (χ0n) is 12.8. The number of alkyl halides is 2. The maximum absolute atomic E-state index is 12.3. The fourth-order valence-corrected chi connectivity index (χ4v) is 2.16. The molecule has 0 atom stereocenters. The molecule has 0 aliphatic carbocycles. The Morgan fingerprint density at radius 3 is 2.68 bits per heavy atom. The van der Waals surface area contributed by atoms with Crippen molar-refractivity contribution in [2.75, 3.05) is 0 Å². The second-order valence-corrected chi connectivity index (χ2v) is 4.94. The summed E-state index contributed by atoms with van der Waals surface area (Å²) < 4.78 is 28.4. The van der Waals surface area contributed by atoms with Gasteiger partial charge >= 0.3 is 6.61 Å². The number of halogens is 2. The Kier molecular flexibility index (Phi) is 4.93. The number of rotatable bonds is 6. The van der Waals surface area contributed by atoms with E-state index in [1.165, 1.54) is 18.3 Å². The minimum atomic E-state index is -2.90. The summed E-state index contributed by atoms with van der Waals surface area (Å²) in [6.07, 6.45) is 5.97. The van der Waals surface area contributed by atoms with Gasteiger partial charge in [0.25, 0.3) is 5.91 Å². The highest BCUT2D eigenvalue weighted by Gasteiger charge is 2.15. The quantitative estimate of drug-likeness (QED) is 0.716. The van der Waals surface area contributed by atoms with E-state index in [1.54, 1.807) is 30.7 Å². The Bertz CT molecular complexity index is 837. The first kappa shape index (κ1) is 16.5. The topological polar surface area (TPSA) is 92.8 Å². The maximum atomic E-state index is 12.3. The summed E-state index contributed by atoms with van der Waals surface area (Å²) in [6.45, 7) is -2.78. The van der Waals surface area contributed by atoms with Crippen molar-refractivity contribution in [2.24, 2.45) is 0 Å². The van der Waals surface area contributed by atoms with Crippen LogP contribution in [0.4, 0.5) is 8.78 Å². The lowest BCUT2D eigenvalue weighted by Crippen LogP contribution is -2.24. The molecule has 0 aliphatic heterocycles. The molecule has 2 N–H and O–H groups in total. The van der Waals surface area contributed by atoms with Gasteiger partial charge in [-0.3, -0.25) is 19.9 Å². The third-order valence-electron chi connectivity index (χ3n) is 3.31. The molecule has 0 saturated heterocycles. The van der Waals surface area contributed by atoms with E-state index in [2.05, 4.69) is 30.2 Å². The lowest BCUT2D eigenvalue weighted by atomic mass is 10.1. The summed E-state index contributed by atoms with van der Waals surface area (Å²) in [7, 11) is 0. The SMILES string of the molecule is O=C(NCc1ccc(OC(F)F)cn1)c1[nH]ncc1-c1ccncc1. The average molecular weight is 345 g/mol. The summed E-state index contributed by atoms with van der Waals surface area (Å²) >= 11 is 0. The molecule has 0 saturated carbocycles. The van der Waals surface area contributed by atoms with Crippen molar-refractivity contribution >= 4 is 5.91 Å². The first-order valence-corrected chi connectivity index (χ1v) is 7.25. The van der Waals surface area contributed by atoms with Gasteiger partial charge in [0.05, 0.1) is 24.6 Å². The standard InChI is InChI=1S/C16H13F2N5O2/c17-16(18)25-12-2-1-11(20-8-12)7-21-15(24)14-13(9-22-23-14)10-3-5-19-6-4-10/h1-6,8-9,16H,7H2,(H,21,24)(H,22,23). The molecular weight excluding hydrogens is 332 g/mol. The van der Waals surface area contributed by atoms with E-state index in [0.717, 1.165) is 5.56 Å². The summed E-state index contributed by atoms with van der Waals surface area (Å²) in [6, 6.07) is 6.39. The molecule has 9 heteroatoms. The Hall–Kier alpha value is -3.36. The van der Waals surface area contributed by atoms with E-state index >= 15 is 0 Å². The monoisotopic (exact) mass is 345 g/mol. The lowest BCUT2D eigenvalue weighted by Gasteiger charge is -2.07. The van der Waals surface area contributed by atoms with Gasteiger partial charge in [-0.2, -0.15) is 13.9 Å². The molecule has 3 rings (SSSR count). The number of carbonyl (C=O) groups excluding carboxylic acids is 1. The van der Waals surface area contributed by atoms with E-state index in [-0.39, 0.29) is 18.2 Å². The number of ether oxygens (including phenoxy) is 1. The molecule has 0 aromatic carbocycles. The Morgan fingerprint density at radius 2 is 2.00 bits per heavy atom. The average Bonchev–Trinajstić information content (AvgIpc) is 3.11. The number of nitrogens with zero attached hydrogens (tertiary/aromatic N) is 3. The third kappa shape index (κ3) is 4.14. The van der Waals surface area contributed by atoms with Crippen LogP contribution in [0.3, 0.4) is 0 Å². The van der Waals surface area contributed by atoms with Crippen molar-refractivity contribution in [1.29, 1.82) is 0 Å². The van der Waals surface area contributed by atoms with E-state index < -0.39 is 6.61 Å². The fourth-order valence-electron chi connectivity index (χ4n) is 2.16. The molecule has 0 bridgehead atoms. The minimum Gasteiger partial charge on any atom is -0.433 e. The van der Waals surface area contributed by atoms with Gasteiger partial charge in [-0.15, -0.1) is 0 Å². The van der Waals surface area contributed by atoms with Gasteiger partial charge in [0, 0.05) is 18.0 Å². The first-order valence-electron chi connectivity index (χ1n) is 7.25. The molecule has 25 heavy (non-hydrogen) atoms. The van der Waals surface area contributed by atoms with Gasteiger partial charge in [0.15, 0.2) is 0 Å². The number of aromatic amines is 1. The Balaban J connectivity index is 1.65. The fraction of sp³-hybridized carbons (Fsp3) is 0.125. The molecule has 0 aliphatic rings.